The van der Waals surface area contributed by atoms with Gasteiger partial charge in [-0.25, -0.2) is 0 Å². The maximum Gasteiger partial charge on any atom is 0.265 e. The zero-order valence-electron chi connectivity index (χ0n) is 15.1. The third kappa shape index (κ3) is 5.71. The van der Waals surface area contributed by atoms with E-state index in [1.54, 1.807) is 19.2 Å². The Morgan fingerprint density at radius 1 is 1.00 bits per heavy atom. The second-order valence-electron chi connectivity index (χ2n) is 5.87. The van der Waals surface area contributed by atoms with E-state index in [2.05, 4.69) is 5.32 Å². The number of carbonyl (C=O) groups excluding carboxylic acids is 1. The molecule has 5 heteroatoms. The van der Waals surface area contributed by atoms with Gasteiger partial charge < -0.3 is 19.5 Å². The molecule has 2 rings (SSSR count). The summed E-state index contributed by atoms with van der Waals surface area (Å²) in [4.78, 5) is 12.5. The van der Waals surface area contributed by atoms with Gasteiger partial charge in [0.2, 0.25) is 0 Å². The van der Waals surface area contributed by atoms with E-state index in [4.69, 9.17) is 14.2 Å². The summed E-state index contributed by atoms with van der Waals surface area (Å²) < 4.78 is 16.6. The quantitative estimate of drug-likeness (QED) is 0.777. The summed E-state index contributed by atoms with van der Waals surface area (Å²) in [5.41, 5.74) is 0.703. The Kier molecular flexibility index (Phi) is 6.69. The molecule has 2 aromatic carbocycles. The largest absolute Gasteiger partial charge is 0.497 e. The van der Waals surface area contributed by atoms with Crippen molar-refractivity contribution in [2.75, 3.05) is 12.4 Å². The van der Waals surface area contributed by atoms with Crippen molar-refractivity contribution >= 4 is 11.6 Å². The standard InChI is InChI=1S/C20H25NO4/c1-5-19(25-18-8-6-7-17(13-18)23-4)20(22)21-15-9-11-16(12-10-15)24-14(2)3/h6-14,19H,5H2,1-4H3,(H,21,22). The first-order valence-electron chi connectivity index (χ1n) is 8.40. The van der Waals surface area contributed by atoms with E-state index in [0.29, 0.717) is 23.6 Å². The van der Waals surface area contributed by atoms with Gasteiger partial charge in [-0.3, -0.25) is 4.79 Å². The Balaban J connectivity index is 1.99. The molecule has 0 bridgehead atoms. The summed E-state index contributed by atoms with van der Waals surface area (Å²) in [5, 5.41) is 2.87. The van der Waals surface area contributed by atoms with Crippen LogP contribution in [0.1, 0.15) is 27.2 Å². The lowest BCUT2D eigenvalue weighted by molar-refractivity contribution is -0.122. The molecule has 5 nitrogen and oxygen atoms in total. The van der Waals surface area contributed by atoms with E-state index in [0.717, 1.165) is 5.75 Å². The van der Waals surface area contributed by atoms with E-state index >= 15 is 0 Å². The molecule has 0 aliphatic heterocycles. The van der Waals surface area contributed by atoms with Crippen LogP contribution < -0.4 is 19.5 Å². The molecular weight excluding hydrogens is 318 g/mol. The highest BCUT2D eigenvalue weighted by atomic mass is 16.5. The van der Waals surface area contributed by atoms with Crippen LogP contribution in [0, 0.1) is 0 Å². The van der Waals surface area contributed by atoms with Crippen LogP contribution in [0.25, 0.3) is 0 Å². The second-order valence-corrected chi connectivity index (χ2v) is 5.87. The maximum atomic E-state index is 12.5. The van der Waals surface area contributed by atoms with Gasteiger partial charge in [-0.2, -0.15) is 0 Å². The first-order chi connectivity index (χ1) is 12.0. The molecule has 0 fully saturated rings. The Labute approximate surface area is 148 Å². The molecule has 0 spiro atoms. The van der Waals surface area contributed by atoms with Crippen molar-refractivity contribution < 1.29 is 19.0 Å². The highest BCUT2D eigenvalue weighted by Crippen LogP contribution is 2.22. The molecule has 25 heavy (non-hydrogen) atoms. The molecular formula is C20H25NO4. The predicted octanol–water partition coefficient (Wildman–Crippen LogP) is 4.28. The number of amides is 1. The van der Waals surface area contributed by atoms with E-state index < -0.39 is 6.10 Å². The van der Waals surface area contributed by atoms with Gasteiger partial charge in [0.05, 0.1) is 13.2 Å². The van der Waals surface area contributed by atoms with Gasteiger partial charge in [-0.15, -0.1) is 0 Å². The fraction of sp³-hybridized carbons (Fsp3) is 0.350. The number of ether oxygens (including phenoxy) is 3. The minimum Gasteiger partial charge on any atom is -0.497 e. The third-order valence-electron chi connectivity index (χ3n) is 3.48. The SMILES string of the molecule is CCC(Oc1cccc(OC)c1)C(=O)Nc1ccc(OC(C)C)cc1. The number of nitrogens with one attached hydrogen (secondary N) is 1. The lowest BCUT2D eigenvalue weighted by Gasteiger charge is -2.18. The normalized spacial score (nSPS) is 11.7. The van der Waals surface area contributed by atoms with Crippen LogP contribution in [-0.2, 0) is 4.79 Å². The van der Waals surface area contributed by atoms with Crippen LogP contribution in [0.5, 0.6) is 17.2 Å². The van der Waals surface area contributed by atoms with Crippen molar-refractivity contribution in [3.8, 4) is 17.2 Å². The highest BCUT2D eigenvalue weighted by Gasteiger charge is 2.18. The Morgan fingerprint density at radius 2 is 1.68 bits per heavy atom. The molecule has 0 aromatic heterocycles. The zero-order chi connectivity index (χ0) is 18.2. The van der Waals surface area contributed by atoms with Gasteiger partial charge in [0, 0.05) is 11.8 Å². The van der Waals surface area contributed by atoms with Crippen LogP contribution in [0.15, 0.2) is 48.5 Å². The average molecular weight is 343 g/mol. The molecule has 1 atom stereocenters. The number of anilines is 1. The number of hydrogen-bond donors (Lipinski definition) is 1. The van der Waals surface area contributed by atoms with Crippen LogP contribution >= 0.6 is 0 Å². The van der Waals surface area contributed by atoms with E-state index in [1.807, 2.05) is 57.2 Å². The van der Waals surface area contributed by atoms with Crippen LogP contribution in [0.2, 0.25) is 0 Å². The van der Waals surface area contributed by atoms with Crippen molar-refractivity contribution in [3.63, 3.8) is 0 Å². The van der Waals surface area contributed by atoms with Gasteiger partial charge in [0.15, 0.2) is 6.10 Å². The summed E-state index contributed by atoms with van der Waals surface area (Å²) in [6, 6.07) is 14.5. The zero-order valence-corrected chi connectivity index (χ0v) is 15.1. The highest BCUT2D eigenvalue weighted by molar-refractivity contribution is 5.94. The van der Waals surface area contributed by atoms with Crippen molar-refractivity contribution in [1.29, 1.82) is 0 Å². The van der Waals surface area contributed by atoms with Crippen LogP contribution in [0.4, 0.5) is 5.69 Å². The lowest BCUT2D eigenvalue weighted by Crippen LogP contribution is -2.32. The Bertz CT molecular complexity index is 682. The number of hydrogen-bond acceptors (Lipinski definition) is 4. The molecule has 0 radical (unpaired) electrons. The summed E-state index contributed by atoms with van der Waals surface area (Å²) in [7, 11) is 1.59. The summed E-state index contributed by atoms with van der Waals surface area (Å²) >= 11 is 0. The Hall–Kier alpha value is -2.69. The van der Waals surface area contributed by atoms with E-state index in [1.165, 1.54) is 0 Å². The van der Waals surface area contributed by atoms with E-state index in [9.17, 15) is 4.79 Å². The van der Waals surface area contributed by atoms with Gasteiger partial charge in [-0.1, -0.05) is 13.0 Å². The summed E-state index contributed by atoms with van der Waals surface area (Å²) in [5.74, 6) is 1.87. The predicted molar refractivity (Wildman–Crippen MR) is 98.5 cm³/mol. The number of rotatable bonds is 8. The average Bonchev–Trinajstić information content (AvgIpc) is 2.61. The van der Waals surface area contributed by atoms with Gasteiger partial charge in [0.25, 0.3) is 5.91 Å². The third-order valence-corrected chi connectivity index (χ3v) is 3.48. The first kappa shape index (κ1) is 18.6. The molecule has 0 saturated heterocycles. The van der Waals surface area contributed by atoms with Crippen LogP contribution in [-0.4, -0.2) is 25.2 Å². The molecule has 0 aliphatic rings. The fourth-order valence-electron chi connectivity index (χ4n) is 2.27. The molecule has 1 unspecified atom stereocenters. The number of methoxy groups -OCH3 is 1. The second kappa shape index (κ2) is 8.97. The molecule has 0 aliphatic carbocycles. The number of carbonyl (C=O) groups is 1. The van der Waals surface area contributed by atoms with Gasteiger partial charge in [-0.05, 0) is 56.7 Å². The molecule has 1 amide bonds. The van der Waals surface area contributed by atoms with Crippen molar-refractivity contribution in [1.82, 2.24) is 0 Å². The van der Waals surface area contributed by atoms with Crippen LogP contribution in [0.3, 0.4) is 0 Å². The van der Waals surface area contributed by atoms with Gasteiger partial charge in [0.1, 0.15) is 17.2 Å². The topological polar surface area (TPSA) is 56.8 Å². The summed E-state index contributed by atoms with van der Waals surface area (Å²) in [6.07, 6.45) is 0.0808. The monoisotopic (exact) mass is 343 g/mol. The molecule has 0 saturated carbocycles. The Morgan fingerprint density at radius 3 is 2.28 bits per heavy atom. The number of benzene rings is 2. The van der Waals surface area contributed by atoms with Crippen molar-refractivity contribution in [3.05, 3.63) is 48.5 Å². The van der Waals surface area contributed by atoms with Crippen molar-refractivity contribution in [2.24, 2.45) is 0 Å². The summed E-state index contributed by atoms with van der Waals surface area (Å²) in [6.45, 7) is 5.85. The minimum atomic E-state index is -0.585. The molecule has 1 N–H and O–H groups in total. The minimum absolute atomic E-state index is 0.112. The van der Waals surface area contributed by atoms with Crippen molar-refractivity contribution in [2.45, 2.75) is 39.4 Å². The fourth-order valence-corrected chi connectivity index (χ4v) is 2.27. The van der Waals surface area contributed by atoms with E-state index in [-0.39, 0.29) is 12.0 Å². The van der Waals surface area contributed by atoms with Gasteiger partial charge >= 0.3 is 0 Å². The smallest absolute Gasteiger partial charge is 0.265 e. The first-order valence-corrected chi connectivity index (χ1v) is 8.40. The lowest BCUT2D eigenvalue weighted by atomic mass is 10.2. The maximum absolute atomic E-state index is 12.5. The molecule has 134 valence electrons. The molecule has 0 heterocycles. The molecule has 2 aromatic rings.